The number of carbonyl (C=O) groups excluding carboxylic acids is 2. The van der Waals surface area contributed by atoms with Crippen LogP contribution in [0.2, 0.25) is 0 Å². The minimum absolute atomic E-state index is 0.00469. The number of amides is 2. The van der Waals surface area contributed by atoms with E-state index < -0.39 is 0 Å². The molecule has 1 saturated carbocycles. The lowest BCUT2D eigenvalue weighted by atomic mass is 9.88. The number of imide groups is 1. The molecule has 0 spiro atoms. The third kappa shape index (κ3) is 4.98. The predicted molar refractivity (Wildman–Crippen MR) is 138 cm³/mol. The van der Waals surface area contributed by atoms with E-state index in [4.69, 9.17) is 4.74 Å². The van der Waals surface area contributed by atoms with Gasteiger partial charge in [0.15, 0.2) is 0 Å². The molecule has 2 heterocycles. The second-order valence-electron chi connectivity index (χ2n) is 10.1. The average molecular weight is 474 g/mol. The molecule has 2 fully saturated rings. The van der Waals surface area contributed by atoms with Crippen LogP contribution in [-0.2, 0) is 9.59 Å². The Bertz CT molecular complexity index is 1080. The minimum Gasteiger partial charge on any atom is -0.489 e. The number of anilines is 1. The molecule has 6 nitrogen and oxygen atoms in total. The van der Waals surface area contributed by atoms with E-state index in [-0.39, 0.29) is 24.0 Å². The molecule has 2 aromatic carbocycles. The summed E-state index contributed by atoms with van der Waals surface area (Å²) in [6.07, 6.45) is 5.47. The lowest BCUT2D eigenvalue weighted by Gasteiger charge is -2.43. The number of carbonyl (C=O) groups is 2. The Kier molecular flexibility index (Phi) is 6.91. The van der Waals surface area contributed by atoms with Crippen LogP contribution >= 0.6 is 0 Å². The van der Waals surface area contributed by atoms with Crippen molar-refractivity contribution in [1.29, 1.82) is 0 Å². The van der Waals surface area contributed by atoms with Gasteiger partial charge in [-0.25, -0.2) is 0 Å². The molecule has 0 bridgehead atoms. The van der Waals surface area contributed by atoms with Crippen molar-refractivity contribution in [2.75, 3.05) is 31.1 Å². The molecule has 2 aliphatic heterocycles. The quantitative estimate of drug-likeness (QED) is 0.584. The Hall–Kier alpha value is -3.12. The minimum atomic E-state index is -0.159. The normalized spacial score (nSPS) is 23.7. The van der Waals surface area contributed by atoms with E-state index in [0.29, 0.717) is 11.6 Å². The van der Waals surface area contributed by atoms with Crippen LogP contribution < -0.4 is 9.64 Å². The summed E-state index contributed by atoms with van der Waals surface area (Å²) in [5.74, 6) is 0.661. The SMILES string of the molecule is CC(C)Oc1ccccc1N1CCN(C2CCC(N3C(=O)C=C(c4ccccc4)C3=O)CC2)CC1. The van der Waals surface area contributed by atoms with Gasteiger partial charge in [0.1, 0.15) is 5.75 Å². The van der Waals surface area contributed by atoms with Gasteiger partial charge in [0, 0.05) is 44.3 Å². The monoisotopic (exact) mass is 473 g/mol. The number of ether oxygens (including phenoxy) is 1. The van der Waals surface area contributed by atoms with Gasteiger partial charge in [-0.2, -0.15) is 0 Å². The zero-order chi connectivity index (χ0) is 24.4. The number of hydrogen-bond donors (Lipinski definition) is 0. The molecule has 2 amide bonds. The first-order valence-electron chi connectivity index (χ1n) is 12.9. The molecule has 1 aliphatic carbocycles. The van der Waals surface area contributed by atoms with Gasteiger partial charge < -0.3 is 9.64 Å². The van der Waals surface area contributed by atoms with Crippen LogP contribution in [-0.4, -0.2) is 66.0 Å². The largest absolute Gasteiger partial charge is 0.489 e. The number of para-hydroxylation sites is 2. The highest BCUT2D eigenvalue weighted by atomic mass is 16.5. The first-order valence-corrected chi connectivity index (χ1v) is 12.9. The van der Waals surface area contributed by atoms with Gasteiger partial charge in [0.2, 0.25) is 0 Å². The highest BCUT2D eigenvalue weighted by Gasteiger charge is 2.39. The van der Waals surface area contributed by atoms with Crippen LogP contribution in [0.3, 0.4) is 0 Å². The van der Waals surface area contributed by atoms with Crippen LogP contribution in [0.4, 0.5) is 5.69 Å². The Morgan fingerprint density at radius 1 is 0.800 bits per heavy atom. The van der Waals surface area contributed by atoms with E-state index in [1.165, 1.54) is 16.7 Å². The van der Waals surface area contributed by atoms with Gasteiger partial charge in [0.25, 0.3) is 11.8 Å². The fourth-order valence-corrected chi connectivity index (χ4v) is 5.74. The lowest BCUT2D eigenvalue weighted by molar-refractivity contribution is -0.140. The maximum absolute atomic E-state index is 13.1. The Morgan fingerprint density at radius 2 is 1.43 bits per heavy atom. The van der Waals surface area contributed by atoms with E-state index in [1.807, 2.05) is 36.4 Å². The predicted octanol–water partition coefficient (Wildman–Crippen LogP) is 4.36. The van der Waals surface area contributed by atoms with Crippen LogP contribution in [0.15, 0.2) is 60.7 Å². The molecule has 0 radical (unpaired) electrons. The molecule has 5 rings (SSSR count). The standard InChI is InChI=1S/C29H35N3O3/c1-21(2)35-27-11-7-6-10-26(27)31-18-16-30(17-19-31)23-12-14-24(15-13-23)32-28(33)20-25(29(32)34)22-8-4-3-5-9-22/h3-11,20-21,23-24H,12-19H2,1-2H3. The molecule has 1 saturated heterocycles. The zero-order valence-electron chi connectivity index (χ0n) is 20.7. The number of hydrogen-bond acceptors (Lipinski definition) is 5. The summed E-state index contributed by atoms with van der Waals surface area (Å²) in [7, 11) is 0. The van der Waals surface area contributed by atoms with Crippen LogP contribution in [0.5, 0.6) is 5.75 Å². The van der Waals surface area contributed by atoms with Gasteiger partial charge in [0.05, 0.1) is 17.4 Å². The third-order valence-corrected chi connectivity index (χ3v) is 7.47. The first-order chi connectivity index (χ1) is 17.0. The summed E-state index contributed by atoms with van der Waals surface area (Å²) >= 11 is 0. The van der Waals surface area contributed by atoms with Crippen molar-refractivity contribution >= 4 is 23.1 Å². The Morgan fingerprint density at radius 3 is 2.11 bits per heavy atom. The van der Waals surface area contributed by atoms with Gasteiger partial charge in [-0.1, -0.05) is 42.5 Å². The van der Waals surface area contributed by atoms with Crippen molar-refractivity contribution in [2.24, 2.45) is 0 Å². The lowest BCUT2D eigenvalue weighted by Crippen LogP contribution is -2.53. The second-order valence-corrected chi connectivity index (χ2v) is 10.1. The molecular weight excluding hydrogens is 438 g/mol. The molecule has 6 heteroatoms. The molecule has 3 aliphatic rings. The molecular formula is C29H35N3O3. The topological polar surface area (TPSA) is 53.1 Å². The van der Waals surface area contributed by atoms with Crippen molar-refractivity contribution in [3.05, 3.63) is 66.2 Å². The average Bonchev–Trinajstić information content (AvgIpc) is 3.18. The Labute approximate surface area is 208 Å². The maximum Gasteiger partial charge on any atom is 0.261 e. The van der Waals surface area contributed by atoms with E-state index in [9.17, 15) is 9.59 Å². The summed E-state index contributed by atoms with van der Waals surface area (Å²) in [5.41, 5.74) is 2.52. The van der Waals surface area contributed by atoms with Gasteiger partial charge >= 0.3 is 0 Å². The van der Waals surface area contributed by atoms with Crippen molar-refractivity contribution in [3.8, 4) is 5.75 Å². The summed E-state index contributed by atoms with van der Waals surface area (Å²) in [6, 6.07) is 18.4. The molecule has 0 atom stereocenters. The smallest absolute Gasteiger partial charge is 0.261 e. The summed E-state index contributed by atoms with van der Waals surface area (Å²) in [5, 5.41) is 0. The third-order valence-electron chi connectivity index (χ3n) is 7.47. The van der Waals surface area contributed by atoms with Crippen LogP contribution in [0.1, 0.15) is 45.1 Å². The molecule has 0 aromatic heterocycles. The molecule has 35 heavy (non-hydrogen) atoms. The van der Waals surface area contributed by atoms with Crippen LogP contribution in [0, 0.1) is 0 Å². The number of benzene rings is 2. The van der Waals surface area contributed by atoms with E-state index in [1.54, 1.807) is 0 Å². The fraction of sp³-hybridized carbons (Fsp3) is 0.448. The summed E-state index contributed by atoms with van der Waals surface area (Å²) in [6.45, 7) is 8.12. The van der Waals surface area contributed by atoms with Crippen molar-refractivity contribution < 1.29 is 14.3 Å². The highest BCUT2D eigenvalue weighted by Crippen LogP contribution is 2.34. The fourth-order valence-electron chi connectivity index (χ4n) is 5.74. The van der Waals surface area contributed by atoms with Crippen LogP contribution in [0.25, 0.3) is 5.57 Å². The molecule has 0 N–H and O–H groups in total. The summed E-state index contributed by atoms with van der Waals surface area (Å²) in [4.78, 5) is 32.3. The summed E-state index contributed by atoms with van der Waals surface area (Å²) < 4.78 is 6.04. The van der Waals surface area contributed by atoms with Crippen molar-refractivity contribution in [2.45, 2.75) is 57.7 Å². The molecule has 2 aromatic rings. The molecule has 0 unspecified atom stereocenters. The molecule has 184 valence electrons. The van der Waals surface area contributed by atoms with Gasteiger partial charge in [-0.3, -0.25) is 19.4 Å². The number of rotatable bonds is 6. The van der Waals surface area contributed by atoms with E-state index in [2.05, 4.69) is 41.8 Å². The zero-order valence-corrected chi connectivity index (χ0v) is 20.7. The van der Waals surface area contributed by atoms with Gasteiger partial charge in [-0.15, -0.1) is 0 Å². The van der Waals surface area contributed by atoms with E-state index >= 15 is 0 Å². The number of nitrogens with zero attached hydrogens (tertiary/aromatic N) is 3. The van der Waals surface area contributed by atoms with Crippen molar-refractivity contribution in [3.63, 3.8) is 0 Å². The maximum atomic E-state index is 13.1. The van der Waals surface area contributed by atoms with Crippen molar-refractivity contribution in [1.82, 2.24) is 9.80 Å². The second kappa shape index (κ2) is 10.2. The number of piperazine rings is 1. The Balaban J connectivity index is 1.15. The first kappa shape index (κ1) is 23.6. The van der Waals surface area contributed by atoms with E-state index in [0.717, 1.165) is 63.2 Å². The van der Waals surface area contributed by atoms with Gasteiger partial charge in [-0.05, 0) is 57.2 Å². The highest BCUT2D eigenvalue weighted by molar-refractivity contribution is 6.33.